The highest BCUT2D eigenvalue weighted by atomic mass is 16.5. The average molecular weight is 365 g/mol. The Balaban J connectivity index is 2.05. The van der Waals surface area contributed by atoms with E-state index in [1.54, 1.807) is 6.07 Å². The molecule has 0 unspecified atom stereocenters. The summed E-state index contributed by atoms with van der Waals surface area (Å²) < 4.78 is 10.8. The lowest BCUT2D eigenvalue weighted by Crippen LogP contribution is -2.40. The van der Waals surface area contributed by atoms with Gasteiger partial charge in [-0.2, -0.15) is 0 Å². The van der Waals surface area contributed by atoms with Crippen LogP contribution in [0.5, 0.6) is 0 Å². The minimum Gasteiger partial charge on any atom is -0.465 e. The third-order valence-electron chi connectivity index (χ3n) is 5.36. The number of nitrogens with zero attached hydrogens (tertiary/aromatic N) is 1. The van der Waals surface area contributed by atoms with E-state index in [1.807, 2.05) is 6.07 Å². The first-order chi connectivity index (χ1) is 12.6. The number of methoxy groups -OCH3 is 1. The lowest BCUT2D eigenvalue weighted by atomic mass is 9.73. The van der Waals surface area contributed by atoms with Gasteiger partial charge in [0.25, 0.3) is 0 Å². The quantitative estimate of drug-likeness (QED) is 0.735. The number of hydrogen-bond acceptors (Lipinski definition) is 4. The van der Waals surface area contributed by atoms with Gasteiger partial charge in [0.05, 0.1) is 30.6 Å². The zero-order chi connectivity index (χ0) is 20.0. The average Bonchev–Trinajstić information content (AvgIpc) is 2.64. The molecule has 1 aromatic heterocycles. The highest BCUT2D eigenvalue weighted by molar-refractivity contribution is 5.89. The van der Waals surface area contributed by atoms with Gasteiger partial charge in [-0.25, -0.2) is 4.79 Å². The maximum atomic E-state index is 11.6. The van der Waals surface area contributed by atoms with Crippen molar-refractivity contribution in [2.75, 3.05) is 13.7 Å². The summed E-state index contributed by atoms with van der Waals surface area (Å²) in [5, 5.41) is 0. The summed E-state index contributed by atoms with van der Waals surface area (Å²) >= 11 is 0. The van der Waals surface area contributed by atoms with Crippen LogP contribution in [-0.4, -0.2) is 24.7 Å². The molecule has 4 heteroatoms. The van der Waals surface area contributed by atoms with Gasteiger partial charge in [-0.1, -0.05) is 26.5 Å². The lowest BCUT2D eigenvalue weighted by Gasteiger charge is -2.42. The molecule has 0 saturated heterocycles. The van der Waals surface area contributed by atoms with Gasteiger partial charge in [0.1, 0.15) is 0 Å². The fourth-order valence-electron chi connectivity index (χ4n) is 3.56. The van der Waals surface area contributed by atoms with Crippen molar-refractivity contribution in [3.05, 3.63) is 70.6 Å². The van der Waals surface area contributed by atoms with E-state index in [0.717, 1.165) is 22.4 Å². The second kappa shape index (κ2) is 6.61. The molecule has 0 aliphatic carbocycles. The van der Waals surface area contributed by atoms with Crippen LogP contribution in [-0.2, 0) is 20.5 Å². The number of esters is 1. The SMILES string of the molecule is C=C(c1ccc(C(=O)OC)cn1)c1cc2c(cc1C)C(C)(C)OCC2(C)C. The van der Waals surface area contributed by atoms with E-state index < -0.39 is 5.97 Å². The van der Waals surface area contributed by atoms with Gasteiger partial charge in [-0.15, -0.1) is 0 Å². The van der Waals surface area contributed by atoms with Crippen LogP contribution >= 0.6 is 0 Å². The third kappa shape index (κ3) is 3.42. The highest BCUT2D eigenvalue weighted by Crippen LogP contribution is 2.43. The molecule has 1 aliphatic rings. The lowest BCUT2D eigenvalue weighted by molar-refractivity contribution is -0.0587. The molecule has 0 N–H and O–H groups in total. The molecule has 0 bridgehead atoms. The topological polar surface area (TPSA) is 48.4 Å². The van der Waals surface area contributed by atoms with Gasteiger partial charge in [0, 0.05) is 17.2 Å². The van der Waals surface area contributed by atoms with Crippen molar-refractivity contribution in [1.29, 1.82) is 0 Å². The molecule has 0 spiro atoms. The molecule has 0 saturated carbocycles. The summed E-state index contributed by atoms with van der Waals surface area (Å²) in [6.45, 7) is 15.7. The Kier molecular flexibility index (Phi) is 4.73. The number of fused-ring (bicyclic) bond motifs is 1. The van der Waals surface area contributed by atoms with Gasteiger partial charge >= 0.3 is 5.97 Å². The van der Waals surface area contributed by atoms with E-state index in [4.69, 9.17) is 9.47 Å². The van der Waals surface area contributed by atoms with Crippen LogP contribution < -0.4 is 0 Å². The molecule has 27 heavy (non-hydrogen) atoms. The molecule has 0 radical (unpaired) electrons. The second-order valence-corrected chi connectivity index (χ2v) is 8.30. The molecular formula is C23H27NO3. The number of pyridine rings is 1. The summed E-state index contributed by atoms with van der Waals surface area (Å²) in [6.07, 6.45) is 1.53. The van der Waals surface area contributed by atoms with Crippen LogP contribution in [0, 0.1) is 6.92 Å². The number of carbonyl (C=O) groups excluding carboxylic acids is 1. The zero-order valence-corrected chi connectivity index (χ0v) is 17.0. The van der Waals surface area contributed by atoms with Crippen LogP contribution in [0.4, 0.5) is 0 Å². The summed E-state index contributed by atoms with van der Waals surface area (Å²) in [6, 6.07) is 7.96. The Morgan fingerprint density at radius 1 is 1.19 bits per heavy atom. The number of aryl methyl sites for hydroxylation is 1. The molecule has 2 heterocycles. The Hall–Kier alpha value is -2.46. The molecule has 0 fully saturated rings. The molecule has 4 nitrogen and oxygen atoms in total. The molecule has 0 atom stereocenters. The minimum absolute atomic E-state index is 0.0737. The Morgan fingerprint density at radius 3 is 2.48 bits per heavy atom. The summed E-state index contributed by atoms with van der Waals surface area (Å²) in [5.74, 6) is -0.395. The monoisotopic (exact) mass is 365 g/mol. The van der Waals surface area contributed by atoms with Crippen molar-refractivity contribution in [3.8, 4) is 0 Å². The summed E-state index contributed by atoms with van der Waals surface area (Å²) in [5.41, 5.74) is 6.34. The van der Waals surface area contributed by atoms with Crippen molar-refractivity contribution in [2.24, 2.45) is 0 Å². The number of hydrogen-bond donors (Lipinski definition) is 0. The van der Waals surface area contributed by atoms with Crippen molar-refractivity contribution in [1.82, 2.24) is 4.98 Å². The van der Waals surface area contributed by atoms with Crippen molar-refractivity contribution < 1.29 is 14.3 Å². The summed E-state index contributed by atoms with van der Waals surface area (Å²) in [7, 11) is 1.36. The molecule has 142 valence electrons. The standard InChI is InChI=1S/C23H27NO3/c1-14-10-19-18(22(3,4)13-27-23(19,5)6)11-17(14)15(2)20-9-8-16(12-24-20)21(25)26-7/h8-12H,2,13H2,1,3-7H3. The van der Waals surface area contributed by atoms with Crippen molar-refractivity contribution in [3.63, 3.8) is 0 Å². The Bertz CT molecular complexity index is 908. The van der Waals surface area contributed by atoms with Gasteiger partial charge < -0.3 is 9.47 Å². The Morgan fingerprint density at radius 2 is 1.89 bits per heavy atom. The zero-order valence-electron chi connectivity index (χ0n) is 17.0. The largest absolute Gasteiger partial charge is 0.465 e. The second-order valence-electron chi connectivity index (χ2n) is 8.30. The van der Waals surface area contributed by atoms with Gasteiger partial charge in [0.2, 0.25) is 0 Å². The Labute approximate surface area is 161 Å². The molecular weight excluding hydrogens is 338 g/mol. The maximum Gasteiger partial charge on any atom is 0.339 e. The van der Waals surface area contributed by atoms with E-state index in [0.29, 0.717) is 12.2 Å². The van der Waals surface area contributed by atoms with Crippen LogP contribution in [0.25, 0.3) is 5.57 Å². The van der Waals surface area contributed by atoms with Gasteiger partial charge in [-0.3, -0.25) is 4.98 Å². The number of benzene rings is 1. The first-order valence-electron chi connectivity index (χ1n) is 9.10. The van der Waals surface area contributed by atoms with Crippen LogP contribution in [0.2, 0.25) is 0 Å². The fraction of sp³-hybridized carbons (Fsp3) is 0.391. The van der Waals surface area contributed by atoms with Crippen molar-refractivity contribution >= 4 is 11.5 Å². The normalized spacial score (nSPS) is 17.1. The van der Waals surface area contributed by atoms with E-state index in [-0.39, 0.29) is 11.0 Å². The number of rotatable bonds is 3. The fourth-order valence-corrected chi connectivity index (χ4v) is 3.56. The predicted molar refractivity (Wildman–Crippen MR) is 107 cm³/mol. The van der Waals surface area contributed by atoms with Crippen LogP contribution in [0.1, 0.15) is 66.0 Å². The molecule has 2 aromatic rings. The first-order valence-corrected chi connectivity index (χ1v) is 9.10. The van der Waals surface area contributed by atoms with Crippen molar-refractivity contribution in [2.45, 2.75) is 45.6 Å². The first kappa shape index (κ1) is 19.3. The summed E-state index contributed by atoms with van der Waals surface area (Å²) in [4.78, 5) is 16.0. The van der Waals surface area contributed by atoms with E-state index in [9.17, 15) is 4.79 Å². The highest BCUT2D eigenvalue weighted by Gasteiger charge is 2.38. The molecule has 0 amide bonds. The molecule has 1 aliphatic heterocycles. The van der Waals surface area contributed by atoms with E-state index in [1.165, 1.54) is 24.4 Å². The third-order valence-corrected chi connectivity index (χ3v) is 5.36. The maximum absolute atomic E-state index is 11.6. The van der Waals surface area contributed by atoms with Crippen LogP contribution in [0.3, 0.4) is 0 Å². The van der Waals surface area contributed by atoms with E-state index in [2.05, 4.69) is 58.3 Å². The van der Waals surface area contributed by atoms with Gasteiger partial charge in [-0.05, 0) is 61.2 Å². The minimum atomic E-state index is -0.395. The van der Waals surface area contributed by atoms with Crippen LogP contribution in [0.15, 0.2) is 37.0 Å². The molecule has 3 rings (SSSR count). The molecule has 1 aromatic carbocycles. The number of ether oxygens (including phenoxy) is 2. The number of aromatic nitrogens is 1. The predicted octanol–water partition coefficient (Wildman–Crippen LogP) is 4.78. The number of carbonyl (C=O) groups is 1. The van der Waals surface area contributed by atoms with Gasteiger partial charge in [0.15, 0.2) is 0 Å². The van der Waals surface area contributed by atoms with E-state index >= 15 is 0 Å². The smallest absolute Gasteiger partial charge is 0.339 e.